The summed E-state index contributed by atoms with van der Waals surface area (Å²) in [6.07, 6.45) is 1.89. The molecule has 0 unspecified atom stereocenters. The average molecular weight is 267 g/mol. The van der Waals surface area contributed by atoms with Gasteiger partial charge in [-0.1, -0.05) is 12.1 Å². The molecule has 0 saturated carbocycles. The molecular weight excluding hydrogens is 250 g/mol. The summed E-state index contributed by atoms with van der Waals surface area (Å²) in [6, 6.07) is 6.57. The van der Waals surface area contributed by atoms with E-state index in [0.29, 0.717) is 12.2 Å². The number of anilines is 1. The molecule has 1 atom stereocenters. The van der Waals surface area contributed by atoms with Crippen molar-refractivity contribution in [1.29, 1.82) is 0 Å². The van der Waals surface area contributed by atoms with Gasteiger partial charge in [0.1, 0.15) is 0 Å². The molecule has 6 heteroatoms. The Bertz CT molecular complexity index is 437. The molecule has 0 fully saturated rings. The topological polar surface area (TPSA) is 84.2 Å². The molecule has 3 amide bonds. The van der Waals surface area contributed by atoms with Crippen molar-refractivity contribution in [2.75, 3.05) is 11.6 Å². The molecule has 98 valence electrons. The number of hydrogen-bond acceptors (Lipinski definition) is 3. The van der Waals surface area contributed by atoms with E-state index in [9.17, 15) is 9.59 Å². The van der Waals surface area contributed by atoms with Crippen LogP contribution in [0.5, 0.6) is 0 Å². The lowest BCUT2D eigenvalue weighted by Gasteiger charge is -2.10. The molecule has 4 N–H and O–H groups in total. The van der Waals surface area contributed by atoms with E-state index in [0.717, 1.165) is 5.56 Å². The molecule has 0 bridgehead atoms. The van der Waals surface area contributed by atoms with Crippen LogP contribution in [0.4, 0.5) is 10.5 Å². The van der Waals surface area contributed by atoms with Crippen molar-refractivity contribution in [1.82, 2.24) is 5.32 Å². The van der Waals surface area contributed by atoms with Gasteiger partial charge in [-0.15, -0.1) is 0 Å². The highest BCUT2D eigenvalue weighted by atomic mass is 32.2. The molecule has 0 aliphatic carbocycles. The predicted molar refractivity (Wildman–Crippen MR) is 74.5 cm³/mol. The Morgan fingerprint density at radius 2 is 2.17 bits per heavy atom. The number of urea groups is 1. The average Bonchev–Trinajstić information content (AvgIpc) is 2.34. The van der Waals surface area contributed by atoms with Gasteiger partial charge in [0.15, 0.2) is 0 Å². The van der Waals surface area contributed by atoms with Gasteiger partial charge < -0.3 is 16.4 Å². The summed E-state index contributed by atoms with van der Waals surface area (Å²) in [5.41, 5.74) is 6.56. The van der Waals surface area contributed by atoms with Gasteiger partial charge in [0.05, 0.1) is 5.25 Å². The molecule has 0 aliphatic rings. The van der Waals surface area contributed by atoms with Crippen LogP contribution in [-0.2, 0) is 11.3 Å². The highest BCUT2D eigenvalue weighted by molar-refractivity contribution is 7.99. The van der Waals surface area contributed by atoms with Crippen LogP contribution in [0.15, 0.2) is 24.3 Å². The number of thioether (sulfide) groups is 1. The minimum absolute atomic E-state index is 0.00392. The Balaban J connectivity index is 2.57. The first-order valence-electron chi connectivity index (χ1n) is 5.49. The Morgan fingerprint density at radius 3 is 2.78 bits per heavy atom. The third kappa shape index (κ3) is 4.67. The molecule has 0 aromatic heterocycles. The Hall–Kier alpha value is -1.69. The lowest BCUT2D eigenvalue weighted by atomic mass is 10.2. The van der Waals surface area contributed by atoms with Crippen LogP contribution in [0.25, 0.3) is 0 Å². The summed E-state index contributed by atoms with van der Waals surface area (Å²) in [4.78, 5) is 22.3. The van der Waals surface area contributed by atoms with Gasteiger partial charge in [0.25, 0.3) is 0 Å². The van der Waals surface area contributed by atoms with E-state index >= 15 is 0 Å². The number of nitrogens with two attached hydrogens (primary N) is 1. The van der Waals surface area contributed by atoms with E-state index in [4.69, 9.17) is 5.73 Å². The lowest BCUT2D eigenvalue weighted by molar-refractivity contribution is -0.120. The second-order valence-electron chi connectivity index (χ2n) is 3.79. The standard InChI is InChI=1S/C12H17N3O2S/c1-8(18-2)11(16)14-7-9-4-3-5-10(6-9)15-12(13)17/h3-6,8H,7H2,1-2H3,(H,14,16)(H3,13,15,17)/t8-/m0/s1. The number of hydrogen-bond donors (Lipinski definition) is 3. The van der Waals surface area contributed by atoms with Crippen molar-refractivity contribution in [3.05, 3.63) is 29.8 Å². The number of nitrogens with one attached hydrogen (secondary N) is 2. The maximum absolute atomic E-state index is 11.6. The Kier molecular flexibility index (Phi) is 5.51. The van der Waals surface area contributed by atoms with Crippen LogP contribution >= 0.6 is 11.8 Å². The molecule has 0 saturated heterocycles. The summed E-state index contributed by atoms with van der Waals surface area (Å²) < 4.78 is 0. The molecule has 5 nitrogen and oxygen atoms in total. The number of carbonyl (C=O) groups excluding carboxylic acids is 2. The van der Waals surface area contributed by atoms with Crippen LogP contribution < -0.4 is 16.4 Å². The maximum Gasteiger partial charge on any atom is 0.316 e. The minimum atomic E-state index is -0.604. The van der Waals surface area contributed by atoms with E-state index in [-0.39, 0.29) is 11.2 Å². The Labute approximate surface area is 111 Å². The lowest BCUT2D eigenvalue weighted by Crippen LogP contribution is -2.30. The highest BCUT2D eigenvalue weighted by Gasteiger charge is 2.10. The number of benzene rings is 1. The monoisotopic (exact) mass is 267 g/mol. The van der Waals surface area contributed by atoms with Crippen molar-refractivity contribution < 1.29 is 9.59 Å². The van der Waals surface area contributed by atoms with Crippen molar-refractivity contribution in [2.24, 2.45) is 5.73 Å². The van der Waals surface area contributed by atoms with Gasteiger partial charge in [-0.3, -0.25) is 4.79 Å². The molecule has 0 aliphatic heterocycles. The molecule has 0 radical (unpaired) electrons. The first-order valence-corrected chi connectivity index (χ1v) is 6.77. The van der Waals surface area contributed by atoms with E-state index < -0.39 is 6.03 Å². The van der Waals surface area contributed by atoms with Crippen molar-refractivity contribution >= 4 is 29.4 Å². The Morgan fingerprint density at radius 1 is 1.44 bits per heavy atom. The maximum atomic E-state index is 11.6. The fourth-order valence-electron chi connectivity index (χ4n) is 1.34. The van der Waals surface area contributed by atoms with E-state index in [1.165, 1.54) is 11.8 Å². The summed E-state index contributed by atoms with van der Waals surface area (Å²) >= 11 is 1.49. The molecule has 18 heavy (non-hydrogen) atoms. The second-order valence-corrected chi connectivity index (χ2v) is 4.96. The van der Waals surface area contributed by atoms with Crippen molar-refractivity contribution in [3.8, 4) is 0 Å². The predicted octanol–water partition coefficient (Wildman–Crippen LogP) is 1.54. The highest BCUT2D eigenvalue weighted by Crippen LogP contribution is 2.11. The quantitative estimate of drug-likeness (QED) is 0.756. The fraction of sp³-hybridized carbons (Fsp3) is 0.333. The zero-order valence-corrected chi connectivity index (χ0v) is 11.2. The number of carbonyl (C=O) groups is 2. The summed E-state index contributed by atoms with van der Waals surface area (Å²) in [5.74, 6) is -0.00392. The van der Waals surface area contributed by atoms with E-state index in [2.05, 4.69) is 10.6 Å². The zero-order valence-electron chi connectivity index (χ0n) is 10.4. The second kappa shape index (κ2) is 6.90. The third-order valence-electron chi connectivity index (χ3n) is 2.38. The number of amides is 3. The van der Waals surface area contributed by atoms with Gasteiger partial charge in [-0.25, -0.2) is 4.79 Å². The molecule has 1 aromatic rings. The minimum Gasteiger partial charge on any atom is -0.351 e. The SMILES string of the molecule is CS[C@@H](C)C(=O)NCc1cccc(NC(N)=O)c1. The fourth-order valence-corrected chi connectivity index (χ4v) is 1.64. The van der Waals surface area contributed by atoms with Crippen LogP contribution in [0.2, 0.25) is 0 Å². The third-order valence-corrected chi connectivity index (χ3v) is 3.31. The first kappa shape index (κ1) is 14.4. The van der Waals surface area contributed by atoms with Crippen LogP contribution in [0.3, 0.4) is 0 Å². The van der Waals surface area contributed by atoms with Gasteiger partial charge >= 0.3 is 6.03 Å². The molecule has 0 heterocycles. The normalized spacial score (nSPS) is 11.7. The zero-order chi connectivity index (χ0) is 13.5. The van der Waals surface area contributed by atoms with E-state index in [1.807, 2.05) is 19.2 Å². The summed E-state index contributed by atoms with van der Waals surface area (Å²) in [5, 5.41) is 5.24. The van der Waals surface area contributed by atoms with Crippen LogP contribution in [0, 0.1) is 0 Å². The van der Waals surface area contributed by atoms with Crippen LogP contribution in [0.1, 0.15) is 12.5 Å². The molecule has 0 spiro atoms. The molecular formula is C12H17N3O2S. The molecule has 1 rings (SSSR count). The largest absolute Gasteiger partial charge is 0.351 e. The number of rotatable bonds is 5. The van der Waals surface area contributed by atoms with Crippen molar-refractivity contribution in [2.45, 2.75) is 18.7 Å². The van der Waals surface area contributed by atoms with Gasteiger partial charge in [-0.2, -0.15) is 11.8 Å². The van der Waals surface area contributed by atoms with Crippen LogP contribution in [-0.4, -0.2) is 23.4 Å². The van der Waals surface area contributed by atoms with E-state index in [1.54, 1.807) is 18.2 Å². The van der Waals surface area contributed by atoms with Gasteiger partial charge in [-0.05, 0) is 30.9 Å². The van der Waals surface area contributed by atoms with Crippen molar-refractivity contribution in [3.63, 3.8) is 0 Å². The van der Waals surface area contributed by atoms with Gasteiger partial charge in [0.2, 0.25) is 5.91 Å². The molecule has 1 aromatic carbocycles. The summed E-state index contributed by atoms with van der Waals surface area (Å²) in [7, 11) is 0. The smallest absolute Gasteiger partial charge is 0.316 e. The van der Waals surface area contributed by atoms with Gasteiger partial charge in [0, 0.05) is 12.2 Å². The first-order chi connectivity index (χ1) is 8.52. The summed E-state index contributed by atoms with van der Waals surface area (Å²) in [6.45, 7) is 2.28. The number of primary amides is 1.